The molecule has 1 aliphatic rings. The first-order valence-electron chi connectivity index (χ1n) is 13.8. The normalized spacial score (nSPS) is 16.9. The molecule has 0 amide bonds. The van der Waals surface area contributed by atoms with E-state index in [1.165, 1.54) is 31.2 Å². The highest BCUT2D eigenvalue weighted by atomic mass is 16.6. The van der Waals surface area contributed by atoms with Crippen molar-refractivity contribution in [1.82, 2.24) is 10.3 Å². The summed E-state index contributed by atoms with van der Waals surface area (Å²) in [6.07, 6.45) is 0.731. The number of carbonyl (C=O) groups excluding carboxylic acids is 1. The molecule has 3 unspecified atom stereocenters. The second-order valence-electron chi connectivity index (χ2n) is 10.8. The third-order valence-electron chi connectivity index (χ3n) is 7.48. The molecule has 13 heteroatoms. The highest BCUT2D eigenvalue weighted by Gasteiger charge is 2.39. The minimum Gasteiger partial charge on any atom is -0.490 e. The van der Waals surface area contributed by atoms with Gasteiger partial charge in [-0.05, 0) is 50.5 Å². The number of allylic oxidation sites excluding steroid dienone is 2. The van der Waals surface area contributed by atoms with Gasteiger partial charge in [0.05, 0.1) is 39.7 Å². The number of ether oxygens (including phenoxy) is 2. The van der Waals surface area contributed by atoms with Crippen molar-refractivity contribution in [3.63, 3.8) is 0 Å². The Kier molecular flexibility index (Phi) is 9.67. The number of dihydropyridines is 1. The van der Waals surface area contributed by atoms with Crippen molar-refractivity contribution in [3.05, 3.63) is 92.9 Å². The molecule has 44 heavy (non-hydrogen) atoms. The highest BCUT2D eigenvalue weighted by molar-refractivity contribution is 5.99. The van der Waals surface area contributed by atoms with Crippen LogP contribution in [-0.2, 0) is 14.3 Å². The zero-order valence-electron chi connectivity index (χ0n) is 24.2. The molecule has 230 valence electrons. The number of aliphatic hydroxyl groups excluding tert-OH is 1. The number of hydrogen-bond acceptors (Lipinski definition) is 10. The van der Waals surface area contributed by atoms with Gasteiger partial charge < -0.3 is 35.7 Å². The van der Waals surface area contributed by atoms with E-state index in [1.54, 1.807) is 19.2 Å². The van der Waals surface area contributed by atoms with E-state index in [1.807, 2.05) is 24.3 Å². The molecule has 4 rings (SSSR count). The molecule has 1 aliphatic heterocycles. The number of fused-ring (bicyclic) bond motifs is 1. The third kappa shape index (κ3) is 7.05. The van der Waals surface area contributed by atoms with Gasteiger partial charge in [-0.1, -0.05) is 18.2 Å². The Bertz CT molecular complexity index is 1690. The van der Waals surface area contributed by atoms with Crippen LogP contribution in [0.4, 0.5) is 5.69 Å². The van der Waals surface area contributed by atoms with E-state index < -0.39 is 41.0 Å². The number of hydrogen-bond donors (Lipinski definition) is 5. The fourth-order valence-corrected chi connectivity index (χ4v) is 5.42. The fraction of sp³-hybridized carbons (Fsp3) is 0.323. The fourth-order valence-electron chi connectivity index (χ4n) is 5.42. The molecule has 2 heterocycles. The number of benzene rings is 2. The molecule has 3 aromatic rings. The maximum absolute atomic E-state index is 13.6. The highest BCUT2D eigenvalue weighted by Crippen LogP contribution is 2.40. The van der Waals surface area contributed by atoms with Gasteiger partial charge in [0.2, 0.25) is 0 Å². The Morgan fingerprint density at radius 2 is 1.91 bits per heavy atom. The van der Waals surface area contributed by atoms with Gasteiger partial charge in [-0.2, -0.15) is 5.26 Å². The number of nitriles is 1. The van der Waals surface area contributed by atoms with E-state index in [-0.39, 0.29) is 54.0 Å². The van der Waals surface area contributed by atoms with Gasteiger partial charge in [-0.3, -0.25) is 10.1 Å². The molecule has 0 spiro atoms. The summed E-state index contributed by atoms with van der Waals surface area (Å²) in [6.45, 7) is 2.59. The standard InChI is InChI=1S/C31H33N5O8/c1-18-26(29(38)39)28(20-6-3-7-21(14-20)36(41)42)27(19(2)35-18)30(40)44-17-31(33,11-5-12-32)15-22(37)16-43-25-9-4-8-24-23(25)10-13-34-24/h3-4,6-10,13-14,22,28,34-35,37H,5,11,15-17,33H2,1-2H3,(H,38,39). The number of nitrogens with one attached hydrogen (secondary N) is 2. The lowest BCUT2D eigenvalue weighted by atomic mass is 9.80. The van der Waals surface area contributed by atoms with Gasteiger partial charge in [0.1, 0.15) is 19.0 Å². The molecule has 13 nitrogen and oxygen atoms in total. The lowest BCUT2D eigenvalue weighted by Crippen LogP contribution is -2.49. The average molecular weight is 604 g/mol. The van der Waals surface area contributed by atoms with Crippen LogP contribution in [0.5, 0.6) is 5.75 Å². The van der Waals surface area contributed by atoms with Crippen molar-refractivity contribution in [3.8, 4) is 11.8 Å². The molecule has 2 aromatic carbocycles. The minimum absolute atomic E-state index is 0.0228. The van der Waals surface area contributed by atoms with Gasteiger partial charge >= 0.3 is 11.9 Å². The number of nitrogens with two attached hydrogens (primary N) is 1. The number of rotatable bonds is 13. The predicted molar refractivity (Wildman–Crippen MR) is 159 cm³/mol. The Labute approximate surface area is 252 Å². The molecule has 0 saturated carbocycles. The number of carboxylic acid groups (broad SMARTS) is 1. The van der Waals surface area contributed by atoms with E-state index in [4.69, 9.17) is 15.2 Å². The second kappa shape index (κ2) is 13.4. The van der Waals surface area contributed by atoms with E-state index in [0.29, 0.717) is 11.4 Å². The summed E-state index contributed by atoms with van der Waals surface area (Å²) in [4.78, 5) is 39.9. The third-order valence-corrected chi connectivity index (χ3v) is 7.48. The molecule has 6 N–H and O–H groups in total. The van der Waals surface area contributed by atoms with Gasteiger partial charge in [0.25, 0.3) is 5.69 Å². The molecule has 0 saturated heterocycles. The van der Waals surface area contributed by atoms with Crippen LogP contribution in [-0.4, -0.2) is 56.9 Å². The van der Waals surface area contributed by atoms with Crippen molar-refractivity contribution in [2.75, 3.05) is 13.2 Å². The van der Waals surface area contributed by atoms with E-state index in [9.17, 15) is 35.2 Å². The molecule has 0 aliphatic carbocycles. The van der Waals surface area contributed by atoms with Crippen molar-refractivity contribution in [2.45, 2.75) is 50.7 Å². The number of nitrogens with zero attached hydrogens (tertiary/aromatic N) is 2. The molecule has 0 bridgehead atoms. The lowest BCUT2D eigenvalue weighted by Gasteiger charge is -2.33. The molecular formula is C31H33N5O8. The van der Waals surface area contributed by atoms with Crippen LogP contribution in [0.3, 0.4) is 0 Å². The Morgan fingerprint density at radius 3 is 2.61 bits per heavy atom. The first kappa shape index (κ1) is 31.7. The van der Waals surface area contributed by atoms with Crippen molar-refractivity contribution in [1.29, 1.82) is 5.26 Å². The maximum Gasteiger partial charge on any atom is 0.336 e. The summed E-state index contributed by atoms with van der Waals surface area (Å²) in [6, 6.07) is 14.7. The van der Waals surface area contributed by atoms with Crippen LogP contribution in [0.1, 0.15) is 44.6 Å². The number of esters is 1. The summed E-state index contributed by atoms with van der Waals surface area (Å²) in [7, 11) is 0. The Morgan fingerprint density at radius 1 is 1.18 bits per heavy atom. The number of nitro benzene ring substituents is 1. The average Bonchev–Trinajstić information content (AvgIpc) is 3.47. The summed E-state index contributed by atoms with van der Waals surface area (Å²) in [5.41, 5.74) is 6.42. The number of carboxylic acids is 1. The van der Waals surface area contributed by atoms with Crippen LogP contribution >= 0.6 is 0 Å². The van der Waals surface area contributed by atoms with Crippen LogP contribution in [0.25, 0.3) is 10.9 Å². The predicted octanol–water partition coefficient (Wildman–Crippen LogP) is 3.77. The van der Waals surface area contributed by atoms with Crippen LogP contribution in [0, 0.1) is 21.4 Å². The zero-order chi connectivity index (χ0) is 32.0. The summed E-state index contributed by atoms with van der Waals surface area (Å²) in [5, 5.41) is 45.3. The molecule has 0 fully saturated rings. The first-order chi connectivity index (χ1) is 20.9. The Balaban J connectivity index is 1.54. The second-order valence-corrected chi connectivity index (χ2v) is 10.8. The number of H-pyrrole nitrogens is 1. The zero-order valence-corrected chi connectivity index (χ0v) is 24.2. The number of non-ortho nitro benzene ring substituents is 1. The number of aliphatic carboxylic acids is 1. The number of carbonyl (C=O) groups is 2. The van der Waals surface area contributed by atoms with Gasteiger partial charge in [-0.25, -0.2) is 9.59 Å². The molecule has 0 radical (unpaired) electrons. The van der Waals surface area contributed by atoms with E-state index in [2.05, 4.69) is 10.3 Å². The topological polar surface area (TPSA) is 214 Å². The lowest BCUT2D eigenvalue weighted by molar-refractivity contribution is -0.384. The van der Waals surface area contributed by atoms with Crippen molar-refractivity contribution in [2.24, 2.45) is 5.73 Å². The SMILES string of the molecule is CC1=C(C(=O)O)C(c2cccc([N+](=O)[O-])c2)C(C(=O)OCC(N)(CCC#N)CC(O)COc2cccc3[nH]ccc23)=C(C)N1. The summed E-state index contributed by atoms with van der Waals surface area (Å²) < 4.78 is 11.5. The Hall–Kier alpha value is -5.19. The number of nitro groups is 1. The first-order valence-corrected chi connectivity index (χ1v) is 13.8. The van der Waals surface area contributed by atoms with E-state index in [0.717, 1.165) is 10.9 Å². The monoisotopic (exact) mass is 603 g/mol. The summed E-state index contributed by atoms with van der Waals surface area (Å²) >= 11 is 0. The van der Waals surface area contributed by atoms with Crippen LogP contribution in [0.15, 0.2) is 77.3 Å². The number of aliphatic hydroxyl groups is 1. The molecule has 1 aromatic heterocycles. The minimum atomic E-state index is -1.33. The quantitative estimate of drug-likeness (QED) is 0.108. The van der Waals surface area contributed by atoms with Gasteiger partial charge in [0.15, 0.2) is 0 Å². The number of aromatic nitrogens is 1. The maximum atomic E-state index is 13.6. The van der Waals surface area contributed by atoms with Gasteiger partial charge in [-0.15, -0.1) is 0 Å². The largest absolute Gasteiger partial charge is 0.490 e. The molecular weight excluding hydrogens is 570 g/mol. The number of aromatic amines is 1. The summed E-state index contributed by atoms with van der Waals surface area (Å²) in [5.74, 6) is -2.83. The van der Waals surface area contributed by atoms with Crippen LogP contribution in [0.2, 0.25) is 0 Å². The van der Waals surface area contributed by atoms with Gasteiger partial charge in [0, 0.05) is 47.0 Å². The van der Waals surface area contributed by atoms with Crippen LogP contribution < -0.4 is 15.8 Å². The smallest absolute Gasteiger partial charge is 0.336 e. The molecule has 3 atom stereocenters. The van der Waals surface area contributed by atoms with Crippen molar-refractivity contribution >= 4 is 28.5 Å². The van der Waals surface area contributed by atoms with E-state index >= 15 is 0 Å². The van der Waals surface area contributed by atoms with Crippen molar-refractivity contribution < 1.29 is 34.2 Å².